The highest BCUT2D eigenvalue weighted by Crippen LogP contribution is 2.07. The van der Waals surface area contributed by atoms with Crippen LogP contribution < -0.4 is 5.73 Å². The van der Waals surface area contributed by atoms with E-state index in [-0.39, 0.29) is 5.95 Å². The van der Waals surface area contributed by atoms with E-state index in [9.17, 15) is 0 Å². The van der Waals surface area contributed by atoms with Crippen LogP contribution in [0.1, 0.15) is 5.56 Å². The molecule has 0 aliphatic carbocycles. The van der Waals surface area contributed by atoms with Crippen LogP contribution in [0.15, 0.2) is 35.1 Å². The Morgan fingerprint density at radius 3 is 2.71 bits per heavy atom. The number of benzene rings is 1. The molecule has 0 spiro atoms. The number of rotatable bonds is 5. The Morgan fingerprint density at radius 2 is 2.06 bits per heavy atom. The van der Waals surface area contributed by atoms with Gasteiger partial charge < -0.3 is 10.5 Å². The van der Waals surface area contributed by atoms with Gasteiger partial charge in [0.25, 0.3) is 0 Å². The van der Waals surface area contributed by atoms with E-state index in [2.05, 4.69) is 26.0 Å². The molecule has 1 aromatic heterocycles. The van der Waals surface area contributed by atoms with Gasteiger partial charge in [0, 0.05) is 0 Å². The molecule has 17 heavy (non-hydrogen) atoms. The molecular weight excluding hydrogens is 284 g/mol. The number of nitrogens with two attached hydrogens (primary N) is 1. The molecule has 0 saturated carbocycles. The molecule has 0 unspecified atom stereocenters. The minimum Gasteiger partial charge on any atom is -0.375 e. The first-order chi connectivity index (χ1) is 8.25. The number of hydrogen-bond donors (Lipinski definition) is 1. The fraction of sp³-hybridized carbons (Fsp3) is 0.273. The summed E-state index contributed by atoms with van der Waals surface area (Å²) >= 11 is 3.27. The Labute approximate surface area is 108 Å². The van der Waals surface area contributed by atoms with Gasteiger partial charge in [0.15, 0.2) is 4.73 Å². The predicted octanol–water partition coefficient (Wildman–Crippen LogP) is 1.84. The molecule has 0 aliphatic rings. The third kappa shape index (κ3) is 3.54. The summed E-state index contributed by atoms with van der Waals surface area (Å²) in [4.78, 5) is 3.94. The Balaban J connectivity index is 1.75. The molecule has 0 bridgehead atoms. The predicted molar refractivity (Wildman–Crippen MR) is 68.2 cm³/mol. The number of nitrogens with zero attached hydrogens (tertiary/aromatic N) is 3. The molecule has 90 valence electrons. The van der Waals surface area contributed by atoms with E-state index >= 15 is 0 Å². The lowest BCUT2D eigenvalue weighted by atomic mass is 10.2. The largest absolute Gasteiger partial charge is 0.375 e. The van der Waals surface area contributed by atoms with Crippen molar-refractivity contribution in [2.75, 3.05) is 12.3 Å². The van der Waals surface area contributed by atoms with E-state index in [0.29, 0.717) is 24.5 Å². The summed E-state index contributed by atoms with van der Waals surface area (Å²) in [6, 6.07) is 10.0. The zero-order valence-corrected chi connectivity index (χ0v) is 10.8. The average Bonchev–Trinajstić information content (AvgIpc) is 2.65. The van der Waals surface area contributed by atoms with E-state index in [4.69, 9.17) is 10.5 Å². The first kappa shape index (κ1) is 12.1. The number of ether oxygens (including phenoxy) is 1. The van der Waals surface area contributed by atoms with Gasteiger partial charge in [-0.1, -0.05) is 30.3 Å². The van der Waals surface area contributed by atoms with Crippen LogP contribution in [0.2, 0.25) is 0 Å². The average molecular weight is 297 g/mol. The highest BCUT2D eigenvalue weighted by molar-refractivity contribution is 9.10. The third-order valence-electron chi connectivity index (χ3n) is 2.20. The van der Waals surface area contributed by atoms with Gasteiger partial charge in [0.2, 0.25) is 5.95 Å². The van der Waals surface area contributed by atoms with Crippen LogP contribution in [0, 0.1) is 0 Å². The van der Waals surface area contributed by atoms with Crippen molar-refractivity contribution in [2.24, 2.45) is 0 Å². The van der Waals surface area contributed by atoms with Gasteiger partial charge in [-0.3, -0.25) is 0 Å². The van der Waals surface area contributed by atoms with Crippen LogP contribution in [-0.2, 0) is 17.9 Å². The van der Waals surface area contributed by atoms with E-state index < -0.39 is 0 Å². The first-order valence-electron chi connectivity index (χ1n) is 5.23. The van der Waals surface area contributed by atoms with Crippen LogP contribution in [0.5, 0.6) is 0 Å². The van der Waals surface area contributed by atoms with Crippen LogP contribution in [0.3, 0.4) is 0 Å². The van der Waals surface area contributed by atoms with Crippen LogP contribution in [-0.4, -0.2) is 21.4 Å². The Morgan fingerprint density at radius 1 is 1.29 bits per heavy atom. The lowest BCUT2D eigenvalue weighted by Gasteiger charge is -2.04. The molecule has 0 saturated heterocycles. The van der Waals surface area contributed by atoms with Gasteiger partial charge in [-0.2, -0.15) is 4.98 Å². The maximum atomic E-state index is 5.54. The molecule has 0 amide bonds. The smallest absolute Gasteiger partial charge is 0.240 e. The second-order valence-corrected chi connectivity index (χ2v) is 4.21. The monoisotopic (exact) mass is 296 g/mol. The summed E-state index contributed by atoms with van der Waals surface area (Å²) in [6.45, 7) is 1.79. The van der Waals surface area contributed by atoms with Crippen molar-refractivity contribution in [1.82, 2.24) is 14.8 Å². The summed E-state index contributed by atoms with van der Waals surface area (Å²) in [5, 5.41) is 4.01. The normalized spacial score (nSPS) is 10.6. The molecule has 1 aromatic carbocycles. The van der Waals surface area contributed by atoms with Gasteiger partial charge in [-0.25, -0.2) is 4.68 Å². The number of anilines is 1. The number of nitrogen functional groups attached to an aromatic ring is 1. The van der Waals surface area contributed by atoms with Gasteiger partial charge >= 0.3 is 0 Å². The number of halogens is 1. The van der Waals surface area contributed by atoms with Gasteiger partial charge in [-0.05, 0) is 21.5 Å². The van der Waals surface area contributed by atoms with Crippen LogP contribution in [0.25, 0.3) is 0 Å². The quantitative estimate of drug-likeness (QED) is 0.855. The maximum absolute atomic E-state index is 5.54. The van der Waals surface area contributed by atoms with E-state index in [1.807, 2.05) is 30.3 Å². The Bertz CT molecular complexity index is 472. The molecule has 0 aliphatic heterocycles. The molecule has 5 nitrogen and oxygen atoms in total. The van der Waals surface area contributed by atoms with E-state index in [1.165, 1.54) is 0 Å². The molecule has 0 atom stereocenters. The van der Waals surface area contributed by atoms with Crippen molar-refractivity contribution in [3.63, 3.8) is 0 Å². The third-order valence-corrected chi connectivity index (χ3v) is 2.79. The van der Waals surface area contributed by atoms with Gasteiger partial charge in [0.1, 0.15) is 0 Å². The minimum absolute atomic E-state index is 0.264. The summed E-state index contributed by atoms with van der Waals surface area (Å²) in [5.74, 6) is 0.264. The van der Waals surface area contributed by atoms with Crippen molar-refractivity contribution < 1.29 is 4.74 Å². The molecule has 2 rings (SSSR count). The highest BCUT2D eigenvalue weighted by Gasteiger charge is 2.03. The van der Waals surface area contributed by atoms with Crippen LogP contribution in [0.4, 0.5) is 5.95 Å². The molecule has 2 N–H and O–H groups in total. The molecule has 6 heteroatoms. The van der Waals surface area contributed by atoms with Crippen molar-refractivity contribution in [3.05, 3.63) is 40.6 Å². The fourth-order valence-electron chi connectivity index (χ4n) is 1.40. The Kier molecular flexibility index (Phi) is 4.11. The summed E-state index contributed by atoms with van der Waals surface area (Å²) in [5.41, 5.74) is 6.62. The maximum Gasteiger partial charge on any atom is 0.240 e. The van der Waals surface area contributed by atoms with Crippen molar-refractivity contribution in [1.29, 1.82) is 0 Å². The van der Waals surface area contributed by atoms with Crippen LogP contribution >= 0.6 is 15.9 Å². The Hall–Kier alpha value is -1.40. The van der Waals surface area contributed by atoms with Crippen molar-refractivity contribution in [3.8, 4) is 0 Å². The second-order valence-electron chi connectivity index (χ2n) is 3.50. The number of aromatic nitrogens is 3. The summed E-state index contributed by atoms with van der Waals surface area (Å²) in [6.07, 6.45) is 0. The molecule has 0 radical (unpaired) electrons. The summed E-state index contributed by atoms with van der Waals surface area (Å²) in [7, 11) is 0. The fourth-order valence-corrected chi connectivity index (χ4v) is 1.84. The topological polar surface area (TPSA) is 66.0 Å². The highest BCUT2D eigenvalue weighted by atomic mass is 79.9. The molecule has 2 aromatic rings. The lowest BCUT2D eigenvalue weighted by Crippen LogP contribution is -2.08. The standard InChI is InChI=1S/C11H13BrN4O/c12-10-14-11(13)15-16(10)6-7-17-8-9-4-2-1-3-5-9/h1-5H,6-8H2,(H2,13,15). The zero-order valence-electron chi connectivity index (χ0n) is 9.21. The molecule has 1 heterocycles. The first-order valence-corrected chi connectivity index (χ1v) is 6.02. The van der Waals surface area contributed by atoms with Crippen molar-refractivity contribution >= 4 is 21.9 Å². The van der Waals surface area contributed by atoms with E-state index in [0.717, 1.165) is 5.56 Å². The van der Waals surface area contributed by atoms with Crippen molar-refractivity contribution in [2.45, 2.75) is 13.2 Å². The lowest BCUT2D eigenvalue weighted by molar-refractivity contribution is 0.110. The number of hydrogen-bond acceptors (Lipinski definition) is 4. The van der Waals surface area contributed by atoms with E-state index in [1.54, 1.807) is 4.68 Å². The zero-order chi connectivity index (χ0) is 12.1. The molecular formula is C11H13BrN4O. The van der Waals surface area contributed by atoms with Gasteiger partial charge in [0.05, 0.1) is 19.8 Å². The van der Waals surface area contributed by atoms with Gasteiger partial charge in [-0.15, -0.1) is 5.10 Å². The minimum atomic E-state index is 0.264. The second kappa shape index (κ2) is 5.79. The molecule has 0 fully saturated rings. The SMILES string of the molecule is Nc1nc(Br)n(CCOCc2ccccc2)n1. The summed E-state index contributed by atoms with van der Waals surface area (Å²) < 4.78 is 7.83.